The summed E-state index contributed by atoms with van der Waals surface area (Å²) < 4.78 is 7.90. The minimum atomic E-state index is -0.130. The maximum absolute atomic E-state index is 12.4. The van der Waals surface area contributed by atoms with Crippen LogP contribution in [-0.2, 0) is 24.3 Å². The molecule has 5 heteroatoms. The van der Waals surface area contributed by atoms with E-state index in [1.807, 2.05) is 66.2 Å². The molecule has 0 radical (unpaired) electrons. The van der Waals surface area contributed by atoms with E-state index in [-0.39, 0.29) is 5.91 Å². The van der Waals surface area contributed by atoms with Gasteiger partial charge in [0.05, 0.1) is 6.33 Å². The molecule has 0 bridgehead atoms. The standard InChI is InChI=1S/C24H23N3O2/c1-2-22-21(20-9-5-6-10-23(20)29-22)11-12-24(28)26-15-18-7-3-4-8-19(18)16-27-14-13-25-17-27/h3-14,17H,2,15-16H2,1H3,(H,26,28)/b12-11+. The molecule has 2 aromatic heterocycles. The second-order valence-electron chi connectivity index (χ2n) is 6.84. The third-order valence-corrected chi connectivity index (χ3v) is 4.92. The number of carbonyl (C=O) groups is 1. The molecule has 2 aromatic carbocycles. The highest BCUT2D eigenvalue weighted by molar-refractivity contribution is 5.96. The van der Waals surface area contributed by atoms with E-state index in [0.29, 0.717) is 6.54 Å². The van der Waals surface area contributed by atoms with E-state index in [1.165, 1.54) is 0 Å². The molecule has 4 aromatic rings. The first kappa shape index (κ1) is 18.7. The van der Waals surface area contributed by atoms with Gasteiger partial charge in [0.25, 0.3) is 0 Å². The van der Waals surface area contributed by atoms with Crippen LogP contribution in [0.4, 0.5) is 0 Å². The normalized spacial score (nSPS) is 11.3. The lowest BCUT2D eigenvalue weighted by Gasteiger charge is -2.10. The predicted octanol–water partition coefficient (Wildman–Crippen LogP) is 4.57. The summed E-state index contributed by atoms with van der Waals surface area (Å²) >= 11 is 0. The number of carbonyl (C=O) groups excluding carboxylic acids is 1. The van der Waals surface area contributed by atoms with Crippen molar-refractivity contribution in [1.82, 2.24) is 14.9 Å². The number of nitrogens with one attached hydrogen (secondary N) is 1. The largest absolute Gasteiger partial charge is 0.460 e. The second-order valence-corrected chi connectivity index (χ2v) is 6.84. The number of para-hydroxylation sites is 1. The quantitative estimate of drug-likeness (QED) is 0.474. The Bertz CT molecular complexity index is 1140. The van der Waals surface area contributed by atoms with Crippen LogP contribution < -0.4 is 5.32 Å². The van der Waals surface area contributed by atoms with Crippen molar-refractivity contribution in [2.24, 2.45) is 0 Å². The Morgan fingerprint density at radius 1 is 1.14 bits per heavy atom. The molecule has 0 aliphatic carbocycles. The Balaban J connectivity index is 1.45. The molecule has 2 heterocycles. The Morgan fingerprint density at radius 3 is 2.72 bits per heavy atom. The molecule has 1 amide bonds. The lowest BCUT2D eigenvalue weighted by atomic mass is 10.1. The number of rotatable bonds is 7. The summed E-state index contributed by atoms with van der Waals surface area (Å²) in [5.41, 5.74) is 4.06. The monoisotopic (exact) mass is 385 g/mol. The molecule has 0 aliphatic rings. The fraction of sp³-hybridized carbons (Fsp3) is 0.167. The molecule has 0 spiro atoms. The van der Waals surface area contributed by atoms with E-state index in [4.69, 9.17) is 4.42 Å². The van der Waals surface area contributed by atoms with Gasteiger partial charge in [0.1, 0.15) is 11.3 Å². The Kier molecular flexibility index (Phi) is 5.56. The minimum absolute atomic E-state index is 0.130. The van der Waals surface area contributed by atoms with Crippen molar-refractivity contribution in [2.45, 2.75) is 26.4 Å². The number of amides is 1. The zero-order chi connectivity index (χ0) is 20.1. The topological polar surface area (TPSA) is 60.1 Å². The van der Waals surface area contributed by atoms with Crippen LogP contribution in [0.3, 0.4) is 0 Å². The van der Waals surface area contributed by atoms with Gasteiger partial charge in [0, 0.05) is 48.9 Å². The molecule has 0 unspecified atom stereocenters. The number of benzene rings is 2. The molecule has 0 fully saturated rings. The van der Waals surface area contributed by atoms with Crippen LogP contribution in [0.2, 0.25) is 0 Å². The first-order chi connectivity index (χ1) is 14.2. The van der Waals surface area contributed by atoms with Crippen LogP contribution in [0, 0.1) is 0 Å². The number of aromatic nitrogens is 2. The number of imidazole rings is 1. The van der Waals surface area contributed by atoms with Crippen molar-refractivity contribution in [3.8, 4) is 0 Å². The van der Waals surface area contributed by atoms with E-state index in [2.05, 4.69) is 16.4 Å². The lowest BCUT2D eigenvalue weighted by molar-refractivity contribution is -0.116. The third-order valence-electron chi connectivity index (χ3n) is 4.92. The summed E-state index contributed by atoms with van der Waals surface area (Å²) in [6.07, 6.45) is 9.68. The number of aryl methyl sites for hydroxylation is 1. The van der Waals surface area contributed by atoms with Crippen LogP contribution in [0.15, 0.2) is 77.7 Å². The first-order valence-electron chi connectivity index (χ1n) is 9.73. The molecule has 0 saturated carbocycles. The van der Waals surface area contributed by atoms with Gasteiger partial charge in [-0.3, -0.25) is 4.79 Å². The van der Waals surface area contributed by atoms with Crippen molar-refractivity contribution < 1.29 is 9.21 Å². The third kappa shape index (κ3) is 4.29. The molecule has 1 N–H and O–H groups in total. The predicted molar refractivity (Wildman–Crippen MR) is 114 cm³/mol. The van der Waals surface area contributed by atoms with Crippen molar-refractivity contribution >= 4 is 23.0 Å². The summed E-state index contributed by atoms with van der Waals surface area (Å²) in [5, 5.41) is 4.01. The average molecular weight is 385 g/mol. The van der Waals surface area contributed by atoms with E-state index < -0.39 is 0 Å². The molecule has 0 aliphatic heterocycles. The summed E-state index contributed by atoms with van der Waals surface area (Å²) in [7, 11) is 0. The van der Waals surface area contributed by atoms with Crippen molar-refractivity contribution in [2.75, 3.05) is 0 Å². The molecule has 0 atom stereocenters. The van der Waals surface area contributed by atoms with Crippen molar-refractivity contribution in [3.63, 3.8) is 0 Å². The van der Waals surface area contributed by atoms with E-state index >= 15 is 0 Å². The Labute approximate surface area is 169 Å². The average Bonchev–Trinajstić information content (AvgIpc) is 3.39. The highest BCUT2D eigenvalue weighted by Crippen LogP contribution is 2.27. The van der Waals surface area contributed by atoms with E-state index in [9.17, 15) is 4.79 Å². The summed E-state index contributed by atoms with van der Waals surface area (Å²) in [6.45, 7) is 3.25. The molecular weight excluding hydrogens is 362 g/mol. The highest BCUT2D eigenvalue weighted by Gasteiger charge is 2.10. The fourth-order valence-corrected chi connectivity index (χ4v) is 3.42. The van der Waals surface area contributed by atoms with Crippen molar-refractivity contribution in [1.29, 1.82) is 0 Å². The molecule has 5 nitrogen and oxygen atoms in total. The van der Waals surface area contributed by atoms with Crippen LogP contribution >= 0.6 is 0 Å². The van der Waals surface area contributed by atoms with Gasteiger partial charge in [-0.15, -0.1) is 0 Å². The highest BCUT2D eigenvalue weighted by atomic mass is 16.3. The van der Waals surface area contributed by atoms with Gasteiger partial charge in [0.2, 0.25) is 5.91 Å². The zero-order valence-electron chi connectivity index (χ0n) is 16.3. The minimum Gasteiger partial charge on any atom is -0.460 e. The fourth-order valence-electron chi connectivity index (χ4n) is 3.42. The SMILES string of the molecule is CCc1oc2ccccc2c1/C=C/C(=O)NCc1ccccc1Cn1ccnc1. The molecular formula is C24H23N3O2. The van der Waals surface area contributed by atoms with Gasteiger partial charge in [-0.25, -0.2) is 4.98 Å². The maximum atomic E-state index is 12.4. The maximum Gasteiger partial charge on any atom is 0.244 e. The molecule has 29 heavy (non-hydrogen) atoms. The zero-order valence-corrected chi connectivity index (χ0v) is 16.3. The van der Waals surface area contributed by atoms with Crippen LogP contribution in [0.25, 0.3) is 17.0 Å². The number of hydrogen-bond donors (Lipinski definition) is 1. The van der Waals surface area contributed by atoms with Gasteiger partial charge in [-0.1, -0.05) is 49.4 Å². The van der Waals surface area contributed by atoms with Gasteiger partial charge < -0.3 is 14.3 Å². The number of nitrogens with zero attached hydrogens (tertiary/aromatic N) is 2. The summed E-state index contributed by atoms with van der Waals surface area (Å²) in [6, 6.07) is 16.0. The number of furan rings is 1. The Hall–Kier alpha value is -3.60. The molecule has 4 rings (SSSR count). The first-order valence-corrected chi connectivity index (χ1v) is 9.73. The van der Waals surface area contributed by atoms with Crippen LogP contribution in [0.1, 0.15) is 29.4 Å². The van der Waals surface area contributed by atoms with Crippen molar-refractivity contribution in [3.05, 3.63) is 95.8 Å². The van der Waals surface area contributed by atoms with Crippen LogP contribution in [0.5, 0.6) is 0 Å². The smallest absolute Gasteiger partial charge is 0.244 e. The Morgan fingerprint density at radius 2 is 1.93 bits per heavy atom. The number of fused-ring (bicyclic) bond motifs is 1. The molecule has 0 saturated heterocycles. The second kappa shape index (κ2) is 8.61. The van der Waals surface area contributed by atoms with Gasteiger partial charge in [-0.2, -0.15) is 0 Å². The lowest BCUT2D eigenvalue weighted by Crippen LogP contribution is -2.21. The van der Waals surface area contributed by atoms with E-state index in [1.54, 1.807) is 18.6 Å². The van der Waals surface area contributed by atoms with E-state index in [0.717, 1.165) is 46.4 Å². The van der Waals surface area contributed by atoms with Crippen LogP contribution in [-0.4, -0.2) is 15.5 Å². The summed E-state index contributed by atoms with van der Waals surface area (Å²) in [5.74, 6) is 0.760. The van der Waals surface area contributed by atoms with Gasteiger partial charge >= 0.3 is 0 Å². The van der Waals surface area contributed by atoms with Gasteiger partial charge in [0.15, 0.2) is 0 Å². The molecule has 146 valence electrons. The number of hydrogen-bond acceptors (Lipinski definition) is 3. The van der Waals surface area contributed by atoms with Gasteiger partial charge in [-0.05, 0) is 23.3 Å². The summed E-state index contributed by atoms with van der Waals surface area (Å²) in [4.78, 5) is 16.5.